The maximum Gasteiger partial charge on any atom is 0.341 e. The molecule has 0 saturated carbocycles. The van der Waals surface area contributed by atoms with E-state index in [2.05, 4.69) is 22.2 Å². The van der Waals surface area contributed by atoms with Gasteiger partial charge >= 0.3 is 5.97 Å². The number of ether oxygens (including phenoxy) is 1. The second kappa shape index (κ2) is 12.6. The van der Waals surface area contributed by atoms with Gasteiger partial charge in [0, 0.05) is 37.0 Å². The summed E-state index contributed by atoms with van der Waals surface area (Å²) in [4.78, 5) is 36.2. The summed E-state index contributed by atoms with van der Waals surface area (Å²) in [5.41, 5.74) is 3.46. The van der Waals surface area contributed by atoms with Crippen molar-refractivity contribution in [3.8, 4) is 0 Å². The van der Waals surface area contributed by atoms with Crippen LogP contribution in [0.15, 0.2) is 59.8 Å². The molecule has 0 spiro atoms. The molecule has 3 aromatic rings. The van der Waals surface area contributed by atoms with E-state index >= 15 is 0 Å². The first-order chi connectivity index (χ1) is 19.2. The number of hydrogen-bond acceptors (Lipinski definition) is 9. The average Bonchev–Trinajstić information content (AvgIpc) is 2.99. The number of anilines is 1. The van der Waals surface area contributed by atoms with E-state index in [-0.39, 0.29) is 41.3 Å². The van der Waals surface area contributed by atoms with Gasteiger partial charge in [0.25, 0.3) is 5.91 Å². The highest BCUT2D eigenvalue weighted by Crippen LogP contribution is 2.33. The molecule has 10 nitrogen and oxygen atoms in total. The van der Waals surface area contributed by atoms with Gasteiger partial charge in [0.15, 0.2) is 9.84 Å². The molecule has 2 N–H and O–H groups in total. The van der Waals surface area contributed by atoms with Crippen LogP contribution in [0, 0.1) is 0 Å². The Balaban J connectivity index is 1.52. The van der Waals surface area contributed by atoms with E-state index in [1.165, 1.54) is 24.5 Å². The minimum absolute atomic E-state index is 0.00775. The second-order valence-corrected chi connectivity index (χ2v) is 11.9. The molecule has 1 amide bonds. The molecule has 0 saturated heterocycles. The number of amides is 1. The summed E-state index contributed by atoms with van der Waals surface area (Å²) in [5.74, 6) is -0.139. The fourth-order valence-electron chi connectivity index (χ4n) is 4.77. The maximum atomic E-state index is 13.2. The zero-order valence-corrected chi connectivity index (χ0v) is 23.6. The van der Waals surface area contributed by atoms with Gasteiger partial charge < -0.3 is 20.1 Å². The smallest absolute Gasteiger partial charge is 0.341 e. The molecule has 2 aromatic carbocycles. The lowest BCUT2D eigenvalue weighted by molar-refractivity contribution is 0.0525. The van der Waals surface area contributed by atoms with Crippen molar-refractivity contribution in [2.75, 3.05) is 30.4 Å². The van der Waals surface area contributed by atoms with E-state index in [0.717, 1.165) is 17.5 Å². The van der Waals surface area contributed by atoms with E-state index < -0.39 is 21.8 Å². The number of fused-ring (bicyclic) bond motifs is 1. The number of benzene rings is 2. The molecule has 212 valence electrons. The normalized spacial score (nSPS) is 15.7. The van der Waals surface area contributed by atoms with E-state index in [0.29, 0.717) is 30.2 Å². The highest BCUT2D eigenvalue weighted by atomic mass is 32.2. The van der Waals surface area contributed by atoms with Crippen molar-refractivity contribution in [1.82, 2.24) is 15.3 Å². The van der Waals surface area contributed by atoms with Gasteiger partial charge in [-0.1, -0.05) is 32.0 Å². The number of nitrogens with zero attached hydrogens (tertiary/aromatic N) is 3. The van der Waals surface area contributed by atoms with Crippen LogP contribution >= 0.6 is 0 Å². The number of carbonyl (C=O) groups is 2. The molecular formula is C29H34N4O6S. The minimum atomic E-state index is -3.35. The Morgan fingerprint density at radius 2 is 1.77 bits per heavy atom. The van der Waals surface area contributed by atoms with Crippen molar-refractivity contribution in [2.45, 2.75) is 50.6 Å². The zero-order valence-electron chi connectivity index (χ0n) is 22.8. The molecule has 40 heavy (non-hydrogen) atoms. The third kappa shape index (κ3) is 6.31. The summed E-state index contributed by atoms with van der Waals surface area (Å²) in [6.07, 6.45) is 3.80. The van der Waals surface area contributed by atoms with Crippen LogP contribution in [0.5, 0.6) is 0 Å². The van der Waals surface area contributed by atoms with Crippen LogP contribution in [0.4, 0.5) is 5.95 Å². The fraction of sp³-hybridized carbons (Fsp3) is 0.379. The highest BCUT2D eigenvalue weighted by Gasteiger charge is 2.27. The van der Waals surface area contributed by atoms with Gasteiger partial charge in [-0.25, -0.2) is 23.2 Å². The molecule has 4 rings (SSSR count). The topological polar surface area (TPSA) is 139 Å². The molecule has 1 aliphatic rings. The van der Waals surface area contributed by atoms with Crippen molar-refractivity contribution in [3.05, 3.63) is 82.7 Å². The first-order valence-corrected chi connectivity index (χ1v) is 15.0. The predicted octanol–water partition coefficient (Wildman–Crippen LogP) is 3.42. The number of rotatable bonds is 10. The van der Waals surface area contributed by atoms with Gasteiger partial charge in [0.05, 0.1) is 35.5 Å². The zero-order chi connectivity index (χ0) is 28.9. The van der Waals surface area contributed by atoms with Gasteiger partial charge in [-0.05, 0) is 54.3 Å². The van der Waals surface area contributed by atoms with Crippen LogP contribution in [0.1, 0.15) is 76.6 Å². The SMILES string of the molecule is CCOC(=O)c1cnc(N2Cc3cc(C(=O)NC(CO)c4ccc(S(=O)(=O)CC)cc4)ccc3[C@H](CC)C2)nc1. The Kier molecular flexibility index (Phi) is 9.16. The van der Waals surface area contributed by atoms with Crippen LogP contribution in [0.2, 0.25) is 0 Å². The second-order valence-electron chi connectivity index (χ2n) is 9.57. The molecule has 1 aliphatic heterocycles. The first kappa shape index (κ1) is 29.2. The standard InChI is InChI=1S/C29H34N4O6S/c1-4-19-16-33(29-30-14-23(15-31-29)28(36)39-5-2)17-22-13-21(9-12-25(19)22)27(35)32-26(18-34)20-7-10-24(11-8-20)40(37,38)6-3/h7-15,19,26,34H,4-6,16-18H2,1-3H3,(H,32,35)/t19-,26?/m1/s1. The van der Waals surface area contributed by atoms with Crippen molar-refractivity contribution in [3.63, 3.8) is 0 Å². The van der Waals surface area contributed by atoms with Crippen LogP contribution in [0.25, 0.3) is 0 Å². The van der Waals surface area contributed by atoms with Crippen LogP contribution in [0.3, 0.4) is 0 Å². The minimum Gasteiger partial charge on any atom is -0.462 e. The molecule has 0 bridgehead atoms. The van der Waals surface area contributed by atoms with E-state index in [4.69, 9.17) is 4.74 Å². The number of nitrogens with one attached hydrogen (secondary N) is 1. The van der Waals surface area contributed by atoms with Crippen LogP contribution in [-0.2, 0) is 21.1 Å². The molecule has 0 radical (unpaired) electrons. The van der Waals surface area contributed by atoms with Gasteiger partial charge in [-0.2, -0.15) is 0 Å². The number of aliphatic hydroxyl groups excluding tert-OH is 1. The van der Waals surface area contributed by atoms with Gasteiger partial charge in [-0.3, -0.25) is 4.79 Å². The quantitative estimate of drug-likeness (QED) is 0.353. The van der Waals surface area contributed by atoms with Crippen molar-refractivity contribution in [2.24, 2.45) is 0 Å². The van der Waals surface area contributed by atoms with Gasteiger partial charge in [0.2, 0.25) is 5.95 Å². The number of carbonyl (C=O) groups excluding carboxylic acids is 2. The first-order valence-electron chi connectivity index (χ1n) is 13.3. The molecule has 0 aliphatic carbocycles. The van der Waals surface area contributed by atoms with E-state index in [9.17, 15) is 23.1 Å². The number of aromatic nitrogens is 2. The van der Waals surface area contributed by atoms with Crippen molar-refractivity contribution in [1.29, 1.82) is 0 Å². The van der Waals surface area contributed by atoms with Crippen molar-refractivity contribution >= 4 is 27.7 Å². The Hall–Kier alpha value is -3.83. The molecular weight excluding hydrogens is 532 g/mol. The third-order valence-electron chi connectivity index (χ3n) is 7.08. The number of hydrogen-bond donors (Lipinski definition) is 2. The monoisotopic (exact) mass is 566 g/mol. The largest absolute Gasteiger partial charge is 0.462 e. The van der Waals surface area contributed by atoms with Crippen LogP contribution in [-0.4, -0.2) is 60.9 Å². The number of aliphatic hydroxyl groups is 1. The van der Waals surface area contributed by atoms with Gasteiger partial charge in [-0.15, -0.1) is 0 Å². The summed E-state index contributed by atoms with van der Waals surface area (Å²) in [6.45, 7) is 6.53. The lowest BCUT2D eigenvalue weighted by atomic mass is 9.87. The summed E-state index contributed by atoms with van der Waals surface area (Å²) >= 11 is 0. The Morgan fingerprint density at radius 1 is 1.07 bits per heavy atom. The van der Waals surface area contributed by atoms with Gasteiger partial charge in [0.1, 0.15) is 0 Å². The van der Waals surface area contributed by atoms with Crippen molar-refractivity contribution < 1.29 is 27.9 Å². The Bertz CT molecular complexity index is 1460. The molecule has 1 aromatic heterocycles. The lowest BCUT2D eigenvalue weighted by Gasteiger charge is -2.34. The van der Waals surface area contributed by atoms with E-state index in [1.807, 2.05) is 17.0 Å². The summed E-state index contributed by atoms with van der Waals surface area (Å²) in [6, 6.07) is 11.1. The summed E-state index contributed by atoms with van der Waals surface area (Å²) in [5, 5.41) is 12.8. The number of sulfone groups is 1. The molecule has 2 atom stereocenters. The lowest BCUT2D eigenvalue weighted by Crippen LogP contribution is -2.35. The number of esters is 1. The highest BCUT2D eigenvalue weighted by molar-refractivity contribution is 7.91. The molecule has 11 heteroatoms. The Morgan fingerprint density at radius 3 is 2.38 bits per heavy atom. The summed E-state index contributed by atoms with van der Waals surface area (Å²) in [7, 11) is -3.35. The predicted molar refractivity (Wildman–Crippen MR) is 150 cm³/mol. The summed E-state index contributed by atoms with van der Waals surface area (Å²) < 4.78 is 29.2. The fourth-order valence-corrected chi connectivity index (χ4v) is 5.66. The maximum absolute atomic E-state index is 13.2. The Labute approximate surface area is 234 Å². The van der Waals surface area contributed by atoms with Crippen LogP contribution < -0.4 is 10.2 Å². The third-order valence-corrected chi connectivity index (χ3v) is 8.83. The molecule has 2 heterocycles. The average molecular weight is 567 g/mol. The van der Waals surface area contributed by atoms with E-state index in [1.54, 1.807) is 32.0 Å². The molecule has 1 unspecified atom stereocenters. The molecule has 0 fully saturated rings.